The van der Waals surface area contributed by atoms with Gasteiger partial charge in [0, 0.05) is 17.5 Å². The number of aromatic nitrogens is 1. The van der Waals surface area contributed by atoms with Crippen LogP contribution < -0.4 is 0 Å². The molecule has 0 radical (unpaired) electrons. The Morgan fingerprint density at radius 3 is 2.22 bits per heavy atom. The van der Waals surface area contributed by atoms with Gasteiger partial charge in [0.05, 0.1) is 16.9 Å². The summed E-state index contributed by atoms with van der Waals surface area (Å²) in [6.07, 6.45) is 0.697. The maximum Gasteiger partial charge on any atom is 0.0705 e. The van der Waals surface area contributed by atoms with E-state index in [0.29, 0.717) is 6.42 Å². The fourth-order valence-electron chi connectivity index (χ4n) is 3.33. The first-order valence-electron chi connectivity index (χ1n) is 9.24. The molecule has 4 aromatic rings. The Morgan fingerprint density at radius 2 is 1.44 bits per heavy atom. The highest BCUT2D eigenvalue weighted by Crippen LogP contribution is 2.25. The van der Waals surface area contributed by atoms with E-state index in [1.54, 1.807) is 0 Å². The minimum Gasteiger partial charge on any atom is -0.252 e. The third-order valence-electron chi connectivity index (χ3n) is 4.80. The molecule has 0 aliphatic heterocycles. The van der Waals surface area contributed by atoms with Gasteiger partial charge in [-0.05, 0) is 42.7 Å². The summed E-state index contributed by atoms with van der Waals surface area (Å²) in [5, 5.41) is 1.16. The van der Waals surface area contributed by atoms with Gasteiger partial charge < -0.3 is 0 Å². The van der Waals surface area contributed by atoms with Crippen LogP contribution in [0.25, 0.3) is 10.9 Å². The van der Waals surface area contributed by atoms with Gasteiger partial charge in [-0.1, -0.05) is 72.8 Å². The third-order valence-corrected chi connectivity index (χ3v) is 4.80. The van der Waals surface area contributed by atoms with E-state index in [1.165, 1.54) is 11.1 Å². The zero-order valence-electron chi connectivity index (χ0n) is 15.7. The lowest BCUT2D eigenvalue weighted by molar-refractivity contribution is 1.17. The van der Waals surface area contributed by atoms with Crippen molar-refractivity contribution in [2.45, 2.75) is 20.3 Å². The van der Waals surface area contributed by atoms with E-state index in [1.807, 2.05) is 18.2 Å². The summed E-state index contributed by atoms with van der Waals surface area (Å²) in [5.41, 5.74) is 7.66. The lowest BCUT2D eigenvalue weighted by Gasteiger charge is -2.11. The first-order valence-corrected chi connectivity index (χ1v) is 9.24. The second-order valence-electron chi connectivity index (χ2n) is 6.84. The monoisotopic (exact) mass is 350 g/mol. The van der Waals surface area contributed by atoms with E-state index in [9.17, 15) is 0 Å². The number of hydrogen-bond donors (Lipinski definition) is 0. The van der Waals surface area contributed by atoms with Gasteiger partial charge in [-0.25, -0.2) is 0 Å². The number of hydrogen-bond acceptors (Lipinski definition) is 2. The van der Waals surface area contributed by atoms with Crippen LogP contribution in [-0.2, 0) is 6.42 Å². The number of benzene rings is 3. The molecule has 0 N–H and O–H groups in total. The van der Waals surface area contributed by atoms with E-state index < -0.39 is 0 Å². The first kappa shape index (κ1) is 17.2. The second kappa shape index (κ2) is 7.55. The Kier molecular flexibility index (Phi) is 4.80. The van der Waals surface area contributed by atoms with Crippen LogP contribution in [0.5, 0.6) is 0 Å². The molecular weight excluding hydrogens is 328 g/mol. The molecule has 1 heterocycles. The standard InChI is InChI=1S/C25H22N2/c1-18-9-8-10-19(2)25(18)27-24(20-11-4-3-5-12-20)17-22-16-15-21-13-6-7-14-23(21)26-22/h3-16H,17H2,1-2H3. The zero-order valence-corrected chi connectivity index (χ0v) is 15.7. The maximum atomic E-state index is 5.08. The van der Waals surface area contributed by atoms with Gasteiger partial charge in [-0.3, -0.25) is 9.98 Å². The van der Waals surface area contributed by atoms with Crippen LogP contribution in [0.1, 0.15) is 22.4 Å². The summed E-state index contributed by atoms with van der Waals surface area (Å²) in [6, 6.07) is 29.2. The van der Waals surface area contributed by atoms with Crippen LogP contribution in [0.4, 0.5) is 5.69 Å². The summed E-state index contributed by atoms with van der Waals surface area (Å²) in [5.74, 6) is 0. The molecule has 0 spiro atoms. The topological polar surface area (TPSA) is 25.2 Å². The Balaban J connectivity index is 1.79. The summed E-state index contributed by atoms with van der Waals surface area (Å²) in [4.78, 5) is 9.93. The molecule has 4 rings (SSSR count). The number of nitrogens with zero attached hydrogens (tertiary/aromatic N) is 2. The third kappa shape index (κ3) is 3.80. The Morgan fingerprint density at radius 1 is 0.741 bits per heavy atom. The average Bonchev–Trinajstić information content (AvgIpc) is 2.70. The van der Waals surface area contributed by atoms with Gasteiger partial charge in [0.2, 0.25) is 0 Å². The highest BCUT2D eigenvalue weighted by Gasteiger charge is 2.09. The number of aryl methyl sites for hydroxylation is 2. The molecule has 0 aliphatic carbocycles. The molecule has 0 bridgehead atoms. The molecule has 0 atom stereocenters. The van der Waals surface area contributed by atoms with E-state index >= 15 is 0 Å². The SMILES string of the molecule is Cc1cccc(C)c1N=C(Cc1ccc2ccccc2n1)c1ccccc1. The highest BCUT2D eigenvalue weighted by atomic mass is 14.8. The molecule has 2 nitrogen and oxygen atoms in total. The van der Waals surface area contributed by atoms with Crippen molar-refractivity contribution in [1.82, 2.24) is 4.98 Å². The molecule has 1 aromatic heterocycles. The van der Waals surface area contributed by atoms with Gasteiger partial charge in [0.15, 0.2) is 0 Å². The molecule has 0 fully saturated rings. The zero-order chi connectivity index (χ0) is 18.6. The Labute approximate surface area is 160 Å². The van der Waals surface area contributed by atoms with Crippen molar-refractivity contribution in [3.8, 4) is 0 Å². The normalized spacial score (nSPS) is 11.7. The highest BCUT2D eigenvalue weighted by molar-refractivity contribution is 6.03. The van der Waals surface area contributed by atoms with Gasteiger partial charge >= 0.3 is 0 Å². The van der Waals surface area contributed by atoms with Crippen molar-refractivity contribution < 1.29 is 0 Å². The molecule has 3 aromatic carbocycles. The Bertz CT molecular complexity index is 1090. The lowest BCUT2D eigenvalue weighted by atomic mass is 10.0. The Hall–Kier alpha value is -3.26. The van der Waals surface area contributed by atoms with E-state index in [-0.39, 0.29) is 0 Å². The predicted molar refractivity (Wildman–Crippen MR) is 114 cm³/mol. The van der Waals surface area contributed by atoms with Crippen LogP contribution >= 0.6 is 0 Å². The number of fused-ring (bicyclic) bond motifs is 1. The number of pyridine rings is 1. The summed E-state index contributed by atoms with van der Waals surface area (Å²) in [6.45, 7) is 4.23. The molecule has 0 saturated carbocycles. The van der Waals surface area contributed by atoms with Crippen molar-refractivity contribution in [3.05, 3.63) is 107 Å². The molecule has 2 heteroatoms. The van der Waals surface area contributed by atoms with Crippen LogP contribution in [0, 0.1) is 13.8 Å². The summed E-state index contributed by atoms with van der Waals surface area (Å²) >= 11 is 0. The maximum absolute atomic E-state index is 5.08. The van der Waals surface area contributed by atoms with Crippen molar-refractivity contribution in [3.63, 3.8) is 0 Å². The summed E-state index contributed by atoms with van der Waals surface area (Å²) < 4.78 is 0. The van der Waals surface area contributed by atoms with E-state index in [4.69, 9.17) is 9.98 Å². The van der Waals surface area contributed by atoms with Gasteiger partial charge in [-0.15, -0.1) is 0 Å². The van der Waals surface area contributed by atoms with E-state index in [2.05, 4.69) is 80.6 Å². The predicted octanol–water partition coefficient (Wildman–Crippen LogP) is 6.22. The van der Waals surface area contributed by atoms with Crippen molar-refractivity contribution in [2.24, 2.45) is 4.99 Å². The molecule has 0 saturated heterocycles. The fourth-order valence-corrected chi connectivity index (χ4v) is 3.33. The molecule has 0 unspecified atom stereocenters. The molecule has 0 amide bonds. The van der Waals surface area contributed by atoms with Gasteiger partial charge in [-0.2, -0.15) is 0 Å². The summed E-state index contributed by atoms with van der Waals surface area (Å²) in [7, 11) is 0. The molecular formula is C25H22N2. The minimum absolute atomic E-state index is 0.697. The second-order valence-corrected chi connectivity index (χ2v) is 6.84. The van der Waals surface area contributed by atoms with E-state index in [0.717, 1.165) is 33.6 Å². The minimum atomic E-state index is 0.697. The molecule has 0 aliphatic rings. The lowest BCUT2D eigenvalue weighted by Crippen LogP contribution is -2.07. The average molecular weight is 350 g/mol. The molecule has 27 heavy (non-hydrogen) atoms. The largest absolute Gasteiger partial charge is 0.252 e. The van der Waals surface area contributed by atoms with Gasteiger partial charge in [0.25, 0.3) is 0 Å². The van der Waals surface area contributed by atoms with Crippen LogP contribution in [0.3, 0.4) is 0 Å². The number of para-hydroxylation sites is 2. The van der Waals surface area contributed by atoms with Crippen molar-refractivity contribution in [2.75, 3.05) is 0 Å². The molecule has 132 valence electrons. The smallest absolute Gasteiger partial charge is 0.0705 e. The number of rotatable bonds is 4. The van der Waals surface area contributed by atoms with Crippen LogP contribution in [0.15, 0.2) is 89.9 Å². The first-order chi connectivity index (χ1) is 13.2. The van der Waals surface area contributed by atoms with Gasteiger partial charge in [0.1, 0.15) is 0 Å². The van der Waals surface area contributed by atoms with Crippen molar-refractivity contribution >= 4 is 22.3 Å². The van der Waals surface area contributed by atoms with Crippen molar-refractivity contribution in [1.29, 1.82) is 0 Å². The number of aliphatic imine (C=N–C) groups is 1. The quantitative estimate of drug-likeness (QED) is 0.401. The van der Waals surface area contributed by atoms with Crippen LogP contribution in [0.2, 0.25) is 0 Å². The fraction of sp³-hybridized carbons (Fsp3) is 0.120. The van der Waals surface area contributed by atoms with Crippen LogP contribution in [-0.4, -0.2) is 10.7 Å².